The topological polar surface area (TPSA) is 140 Å². The molecule has 2 aliphatic rings. The lowest BCUT2D eigenvalue weighted by Gasteiger charge is -2.60. The van der Waals surface area contributed by atoms with Crippen LogP contribution in [0.2, 0.25) is 0 Å². The molecule has 1 heterocycles. The number of methoxy groups -OCH3 is 1. The highest BCUT2D eigenvalue weighted by atomic mass is 16.5. The summed E-state index contributed by atoms with van der Waals surface area (Å²) in [5.41, 5.74) is -1.33. The number of aliphatic carboxylic acids is 1. The second-order valence-electron chi connectivity index (χ2n) is 9.87. The Morgan fingerprint density at radius 1 is 1.30 bits per heavy atom. The molecule has 0 amide bonds. The van der Waals surface area contributed by atoms with Gasteiger partial charge in [0.25, 0.3) is 0 Å². The van der Waals surface area contributed by atoms with Crippen LogP contribution in [0.3, 0.4) is 0 Å². The molecule has 182 valence electrons. The average Bonchev–Trinajstić information content (AvgIpc) is 3.26. The number of hydrogen-bond acceptors (Lipinski definition) is 8. The molecule has 1 aromatic heterocycles. The zero-order chi connectivity index (χ0) is 24.6. The van der Waals surface area contributed by atoms with Crippen molar-refractivity contribution in [2.45, 2.75) is 65.1 Å². The van der Waals surface area contributed by atoms with Crippen molar-refractivity contribution >= 4 is 23.7 Å². The second-order valence-corrected chi connectivity index (χ2v) is 9.87. The SMILES string of the molecule is COC(=O)[C@@H]1C[C@H](OC(C)=O)C(=O)[C@@H]2[C@](C)(CC(O)c3ccoc3)[C@@H](CC(=O)O)CC[C@]21C. The molecule has 2 aliphatic carbocycles. The van der Waals surface area contributed by atoms with Crippen LogP contribution in [0.5, 0.6) is 0 Å². The van der Waals surface area contributed by atoms with Gasteiger partial charge in [0.05, 0.1) is 31.7 Å². The molecule has 3 rings (SSSR count). The fraction of sp³-hybridized carbons (Fsp3) is 0.667. The van der Waals surface area contributed by atoms with E-state index in [1.54, 1.807) is 13.0 Å². The number of rotatable bonds is 7. The number of carbonyl (C=O) groups excluding carboxylic acids is 3. The molecular formula is C24H32O9. The van der Waals surface area contributed by atoms with Crippen LogP contribution in [0.4, 0.5) is 0 Å². The van der Waals surface area contributed by atoms with Gasteiger partial charge in [-0.2, -0.15) is 0 Å². The van der Waals surface area contributed by atoms with Crippen molar-refractivity contribution in [3.8, 4) is 0 Å². The van der Waals surface area contributed by atoms with Gasteiger partial charge in [-0.05, 0) is 42.1 Å². The van der Waals surface area contributed by atoms with Gasteiger partial charge in [-0.15, -0.1) is 0 Å². The summed E-state index contributed by atoms with van der Waals surface area (Å²) in [6.07, 6.45) is 1.50. The van der Waals surface area contributed by atoms with Gasteiger partial charge >= 0.3 is 17.9 Å². The van der Waals surface area contributed by atoms with Gasteiger partial charge in [0.2, 0.25) is 0 Å². The maximum atomic E-state index is 13.8. The quantitative estimate of drug-likeness (QED) is 0.583. The van der Waals surface area contributed by atoms with E-state index in [1.807, 2.05) is 6.92 Å². The fourth-order valence-electron chi connectivity index (χ4n) is 6.40. The first kappa shape index (κ1) is 25.0. The van der Waals surface area contributed by atoms with Crippen molar-refractivity contribution in [2.24, 2.45) is 28.6 Å². The number of carboxylic acids is 1. The maximum Gasteiger partial charge on any atom is 0.309 e. The van der Waals surface area contributed by atoms with Crippen LogP contribution in [-0.2, 0) is 28.7 Å². The van der Waals surface area contributed by atoms with Gasteiger partial charge in [0, 0.05) is 31.2 Å². The number of Topliss-reactive ketones (excluding diaryl/α,β-unsaturated/α-hetero) is 1. The third-order valence-electron chi connectivity index (χ3n) is 7.91. The number of furan rings is 1. The molecule has 9 nitrogen and oxygen atoms in total. The van der Waals surface area contributed by atoms with Crippen LogP contribution in [0.15, 0.2) is 23.0 Å². The first-order chi connectivity index (χ1) is 15.4. The Morgan fingerprint density at radius 2 is 2.00 bits per heavy atom. The van der Waals surface area contributed by atoms with Gasteiger partial charge in [0.15, 0.2) is 11.9 Å². The molecule has 0 radical (unpaired) electrons. The van der Waals surface area contributed by atoms with Gasteiger partial charge in [-0.3, -0.25) is 19.2 Å². The van der Waals surface area contributed by atoms with E-state index in [1.165, 1.54) is 26.6 Å². The van der Waals surface area contributed by atoms with E-state index >= 15 is 0 Å². The Balaban J connectivity index is 2.12. The normalized spacial score (nSPS) is 34.8. The maximum absolute atomic E-state index is 13.8. The van der Waals surface area contributed by atoms with E-state index in [9.17, 15) is 29.4 Å². The molecule has 1 unspecified atom stereocenters. The summed E-state index contributed by atoms with van der Waals surface area (Å²) in [7, 11) is 1.27. The standard InChI is InChI=1S/C24H32O9/c1-13(25)33-18-10-16(22(30)31-4)23(2)7-5-15(9-19(27)28)24(3,21(23)20(18)29)11-17(26)14-6-8-32-12-14/h6,8,12,15-18,21,26H,5,7,9-11H2,1-4H3,(H,27,28)/t15-,16+,17?,18+,21+,23+,24-/m1/s1. The molecule has 0 aromatic carbocycles. The smallest absolute Gasteiger partial charge is 0.309 e. The van der Waals surface area contributed by atoms with Crippen LogP contribution < -0.4 is 0 Å². The highest BCUT2D eigenvalue weighted by Crippen LogP contribution is 2.63. The third-order valence-corrected chi connectivity index (χ3v) is 7.91. The van der Waals surface area contributed by atoms with Crippen molar-refractivity contribution in [3.05, 3.63) is 24.2 Å². The monoisotopic (exact) mass is 464 g/mol. The molecule has 7 atom stereocenters. The van der Waals surface area contributed by atoms with Crippen LogP contribution >= 0.6 is 0 Å². The number of carbonyl (C=O) groups is 4. The van der Waals surface area contributed by atoms with Crippen molar-refractivity contribution in [3.63, 3.8) is 0 Å². The predicted octanol–water partition coefficient (Wildman–Crippen LogP) is 2.91. The Bertz CT molecular complexity index is 907. The van der Waals surface area contributed by atoms with Crippen LogP contribution in [0, 0.1) is 28.6 Å². The molecule has 9 heteroatoms. The molecule has 0 spiro atoms. The van der Waals surface area contributed by atoms with E-state index in [0.717, 1.165) is 0 Å². The number of aliphatic hydroxyl groups is 1. The summed E-state index contributed by atoms with van der Waals surface area (Å²) in [5.74, 6) is -4.47. The number of hydrogen-bond donors (Lipinski definition) is 2. The minimum atomic E-state index is -1.14. The highest BCUT2D eigenvalue weighted by Gasteiger charge is 2.65. The number of esters is 2. The highest BCUT2D eigenvalue weighted by molar-refractivity contribution is 5.92. The van der Waals surface area contributed by atoms with E-state index < -0.39 is 58.7 Å². The largest absolute Gasteiger partial charge is 0.481 e. The summed E-state index contributed by atoms with van der Waals surface area (Å²) < 4.78 is 15.4. The van der Waals surface area contributed by atoms with Crippen LogP contribution in [0.25, 0.3) is 0 Å². The molecular weight excluding hydrogens is 432 g/mol. The second kappa shape index (κ2) is 9.29. The van der Waals surface area contributed by atoms with Crippen molar-refractivity contribution in [2.75, 3.05) is 7.11 Å². The Labute approximate surface area is 192 Å². The summed E-state index contributed by atoms with van der Waals surface area (Å²) in [6, 6.07) is 1.61. The minimum absolute atomic E-state index is 0.0159. The number of fused-ring (bicyclic) bond motifs is 1. The number of aliphatic hydroxyl groups excluding tert-OH is 1. The number of carboxylic acid groups (broad SMARTS) is 1. The predicted molar refractivity (Wildman–Crippen MR) is 114 cm³/mol. The summed E-state index contributed by atoms with van der Waals surface area (Å²) >= 11 is 0. The zero-order valence-corrected chi connectivity index (χ0v) is 19.4. The van der Waals surface area contributed by atoms with E-state index in [2.05, 4.69) is 0 Å². The Kier molecular flexibility index (Phi) is 7.02. The number of ketones is 1. The lowest BCUT2D eigenvalue weighted by molar-refractivity contribution is -0.193. The minimum Gasteiger partial charge on any atom is -0.481 e. The Morgan fingerprint density at radius 3 is 2.55 bits per heavy atom. The molecule has 2 N–H and O–H groups in total. The Hall–Kier alpha value is -2.68. The van der Waals surface area contributed by atoms with Crippen molar-refractivity contribution in [1.82, 2.24) is 0 Å². The molecule has 2 fully saturated rings. The molecule has 33 heavy (non-hydrogen) atoms. The first-order valence-electron chi connectivity index (χ1n) is 11.1. The van der Waals surface area contributed by atoms with Gasteiger partial charge in [-0.1, -0.05) is 13.8 Å². The molecule has 0 bridgehead atoms. The van der Waals surface area contributed by atoms with Crippen LogP contribution in [0.1, 0.15) is 64.5 Å². The first-order valence-corrected chi connectivity index (χ1v) is 11.1. The van der Waals surface area contributed by atoms with Crippen LogP contribution in [-0.4, -0.2) is 47.1 Å². The van der Waals surface area contributed by atoms with Gasteiger partial charge in [0.1, 0.15) is 0 Å². The molecule has 2 saturated carbocycles. The summed E-state index contributed by atoms with van der Waals surface area (Å²) in [5, 5.41) is 20.6. The van der Waals surface area contributed by atoms with Gasteiger partial charge < -0.3 is 24.1 Å². The fourth-order valence-corrected chi connectivity index (χ4v) is 6.40. The van der Waals surface area contributed by atoms with E-state index in [0.29, 0.717) is 18.4 Å². The van der Waals surface area contributed by atoms with Gasteiger partial charge in [-0.25, -0.2) is 0 Å². The lowest BCUT2D eigenvalue weighted by atomic mass is 9.43. The van der Waals surface area contributed by atoms with E-state index in [-0.39, 0.29) is 25.0 Å². The summed E-state index contributed by atoms with van der Waals surface area (Å²) in [4.78, 5) is 50.1. The lowest BCUT2D eigenvalue weighted by Crippen LogP contribution is -2.63. The molecule has 1 aromatic rings. The van der Waals surface area contributed by atoms with Crippen molar-refractivity contribution in [1.29, 1.82) is 0 Å². The zero-order valence-electron chi connectivity index (χ0n) is 19.4. The van der Waals surface area contributed by atoms with Crippen molar-refractivity contribution < 1.29 is 43.3 Å². The summed E-state index contributed by atoms with van der Waals surface area (Å²) in [6.45, 7) is 4.85. The molecule has 0 aliphatic heterocycles. The average molecular weight is 465 g/mol. The molecule has 0 saturated heterocycles. The third kappa shape index (κ3) is 4.55. The number of ether oxygens (including phenoxy) is 2. The van der Waals surface area contributed by atoms with E-state index in [4.69, 9.17) is 13.9 Å².